The lowest BCUT2D eigenvalue weighted by atomic mass is 10.0. The molecular formula is C29H23NO4S. The van der Waals surface area contributed by atoms with Crippen molar-refractivity contribution in [3.05, 3.63) is 113 Å². The molecule has 0 saturated carbocycles. The second-order valence-electron chi connectivity index (χ2n) is 7.99. The summed E-state index contributed by atoms with van der Waals surface area (Å²) in [6.45, 7) is 1.05. The molecule has 174 valence electrons. The van der Waals surface area contributed by atoms with Crippen LogP contribution < -0.4 is 9.47 Å². The van der Waals surface area contributed by atoms with Gasteiger partial charge >= 0.3 is 0 Å². The van der Waals surface area contributed by atoms with E-state index < -0.39 is 0 Å². The summed E-state index contributed by atoms with van der Waals surface area (Å²) in [5.41, 5.74) is 1.74. The number of benzene rings is 4. The van der Waals surface area contributed by atoms with Crippen molar-refractivity contribution in [2.24, 2.45) is 0 Å². The number of rotatable bonds is 8. The number of thioether (sulfide) groups is 1. The van der Waals surface area contributed by atoms with Gasteiger partial charge in [-0.1, -0.05) is 72.8 Å². The first-order chi connectivity index (χ1) is 17.2. The topological polar surface area (TPSA) is 55.8 Å². The largest absolute Gasteiger partial charge is 0.490 e. The van der Waals surface area contributed by atoms with Crippen molar-refractivity contribution in [1.29, 1.82) is 0 Å². The molecule has 0 atom stereocenters. The standard InChI is InChI=1S/C29H23NO4S/c31-28-27(35-29(32)30(28)20-23-11-7-10-22-9-4-5-15-26(22)23)19-21-8-6-14-25(18-21)34-17-16-33-24-12-2-1-3-13-24/h1-15,18-19H,16-17,20H2/b27-19+. The number of fused-ring (bicyclic) bond motifs is 1. The van der Waals surface area contributed by atoms with Gasteiger partial charge in [0.05, 0.1) is 11.4 Å². The van der Waals surface area contributed by atoms with E-state index in [0.717, 1.165) is 39.4 Å². The van der Waals surface area contributed by atoms with E-state index in [0.29, 0.717) is 23.9 Å². The number of amides is 2. The van der Waals surface area contributed by atoms with Crippen LogP contribution in [0.1, 0.15) is 11.1 Å². The first-order valence-electron chi connectivity index (χ1n) is 11.3. The second kappa shape index (κ2) is 10.5. The van der Waals surface area contributed by atoms with Gasteiger partial charge in [-0.15, -0.1) is 0 Å². The number of hydrogen-bond donors (Lipinski definition) is 0. The summed E-state index contributed by atoms with van der Waals surface area (Å²) in [4.78, 5) is 27.4. The Kier molecular flexibility index (Phi) is 6.82. The molecule has 0 bridgehead atoms. The monoisotopic (exact) mass is 481 g/mol. The number of hydrogen-bond acceptors (Lipinski definition) is 5. The van der Waals surface area contributed by atoms with Gasteiger partial charge in [-0.05, 0) is 64.0 Å². The molecule has 0 aromatic heterocycles. The van der Waals surface area contributed by atoms with Gasteiger partial charge in [-0.3, -0.25) is 14.5 Å². The maximum absolute atomic E-state index is 13.1. The van der Waals surface area contributed by atoms with Crippen LogP contribution >= 0.6 is 11.8 Å². The van der Waals surface area contributed by atoms with Crippen molar-refractivity contribution in [2.75, 3.05) is 13.2 Å². The van der Waals surface area contributed by atoms with Crippen LogP contribution in [0, 0.1) is 0 Å². The maximum atomic E-state index is 13.1. The molecule has 4 aromatic carbocycles. The fourth-order valence-corrected chi connectivity index (χ4v) is 4.76. The Morgan fingerprint density at radius 2 is 1.43 bits per heavy atom. The highest BCUT2D eigenvalue weighted by Crippen LogP contribution is 2.34. The minimum Gasteiger partial charge on any atom is -0.490 e. The fourth-order valence-electron chi connectivity index (χ4n) is 3.92. The summed E-state index contributed by atoms with van der Waals surface area (Å²) in [6.07, 6.45) is 1.74. The molecular weight excluding hydrogens is 458 g/mol. The highest BCUT2D eigenvalue weighted by atomic mass is 32.2. The lowest BCUT2D eigenvalue weighted by molar-refractivity contribution is -0.123. The zero-order chi connectivity index (χ0) is 24.0. The van der Waals surface area contributed by atoms with E-state index in [4.69, 9.17) is 9.47 Å². The molecule has 35 heavy (non-hydrogen) atoms. The van der Waals surface area contributed by atoms with Gasteiger partial charge in [-0.25, -0.2) is 0 Å². The van der Waals surface area contributed by atoms with E-state index in [1.165, 1.54) is 4.90 Å². The molecule has 1 heterocycles. The number of ether oxygens (including phenoxy) is 2. The van der Waals surface area contributed by atoms with E-state index in [1.807, 2.05) is 97.1 Å². The Balaban J connectivity index is 1.24. The molecule has 0 N–H and O–H groups in total. The average Bonchev–Trinajstić information content (AvgIpc) is 3.15. The van der Waals surface area contributed by atoms with Crippen molar-refractivity contribution in [1.82, 2.24) is 4.90 Å². The molecule has 5 rings (SSSR count). The van der Waals surface area contributed by atoms with E-state index >= 15 is 0 Å². The summed E-state index contributed by atoms with van der Waals surface area (Å²) in [5, 5.41) is 1.86. The highest BCUT2D eigenvalue weighted by molar-refractivity contribution is 8.18. The van der Waals surface area contributed by atoms with E-state index in [9.17, 15) is 9.59 Å². The Morgan fingerprint density at radius 1 is 0.743 bits per heavy atom. The molecule has 0 radical (unpaired) electrons. The molecule has 0 aliphatic carbocycles. The van der Waals surface area contributed by atoms with Crippen molar-refractivity contribution in [3.63, 3.8) is 0 Å². The molecule has 1 fully saturated rings. The molecule has 1 aliphatic rings. The molecule has 0 spiro atoms. The number of imide groups is 1. The van der Waals surface area contributed by atoms with Crippen LogP contribution in [0.5, 0.6) is 11.5 Å². The van der Waals surface area contributed by atoms with Crippen LogP contribution in [-0.2, 0) is 11.3 Å². The van der Waals surface area contributed by atoms with Gasteiger partial charge in [0.1, 0.15) is 24.7 Å². The SMILES string of the molecule is O=C1S/C(=C/c2cccc(OCCOc3ccccc3)c2)C(=O)N1Cc1cccc2ccccc12. The number of carbonyl (C=O) groups excluding carboxylic acids is 2. The van der Waals surface area contributed by atoms with Gasteiger partial charge in [0.2, 0.25) is 0 Å². The zero-order valence-electron chi connectivity index (χ0n) is 18.9. The predicted octanol–water partition coefficient (Wildman–Crippen LogP) is 6.53. The first-order valence-corrected chi connectivity index (χ1v) is 12.1. The van der Waals surface area contributed by atoms with Crippen LogP contribution in [-0.4, -0.2) is 29.3 Å². The Bertz CT molecular complexity index is 1390. The summed E-state index contributed by atoms with van der Waals surface area (Å²) in [6, 6.07) is 30.9. The van der Waals surface area contributed by atoms with Gasteiger partial charge in [-0.2, -0.15) is 0 Å². The molecule has 1 saturated heterocycles. The van der Waals surface area contributed by atoms with E-state index in [-0.39, 0.29) is 17.7 Å². The van der Waals surface area contributed by atoms with Crippen LogP contribution in [0.4, 0.5) is 4.79 Å². The minimum atomic E-state index is -0.282. The molecule has 1 aliphatic heterocycles. The minimum absolute atomic E-state index is 0.244. The molecule has 2 amide bonds. The van der Waals surface area contributed by atoms with Crippen molar-refractivity contribution in [3.8, 4) is 11.5 Å². The molecule has 6 heteroatoms. The van der Waals surface area contributed by atoms with Crippen molar-refractivity contribution in [2.45, 2.75) is 6.54 Å². The maximum Gasteiger partial charge on any atom is 0.293 e. The lowest BCUT2D eigenvalue weighted by Crippen LogP contribution is -2.27. The fraction of sp³-hybridized carbons (Fsp3) is 0.103. The van der Waals surface area contributed by atoms with Crippen LogP contribution in [0.25, 0.3) is 16.8 Å². The molecule has 5 nitrogen and oxygen atoms in total. The zero-order valence-corrected chi connectivity index (χ0v) is 19.7. The summed E-state index contributed by atoms with van der Waals surface area (Å²) in [5.74, 6) is 1.19. The molecule has 4 aromatic rings. The number of para-hydroxylation sites is 1. The first kappa shape index (κ1) is 22.7. The summed E-state index contributed by atoms with van der Waals surface area (Å²) < 4.78 is 11.4. The summed E-state index contributed by atoms with van der Waals surface area (Å²) >= 11 is 0.964. The quantitative estimate of drug-likeness (QED) is 0.211. The van der Waals surface area contributed by atoms with Crippen molar-refractivity contribution >= 4 is 39.8 Å². The van der Waals surface area contributed by atoms with E-state index in [2.05, 4.69) is 0 Å². The van der Waals surface area contributed by atoms with Crippen LogP contribution in [0.2, 0.25) is 0 Å². The van der Waals surface area contributed by atoms with Crippen molar-refractivity contribution < 1.29 is 19.1 Å². The Labute approximate surface area is 208 Å². The van der Waals surface area contributed by atoms with Crippen LogP contribution in [0.3, 0.4) is 0 Å². The lowest BCUT2D eigenvalue weighted by Gasteiger charge is -2.14. The summed E-state index contributed by atoms with van der Waals surface area (Å²) in [7, 11) is 0. The van der Waals surface area contributed by atoms with Crippen LogP contribution in [0.15, 0.2) is 102 Å². The predicted molar refractivity (Wildman–Crippen MR) is 139 cm³/mol. The molecule has 0 unspecified atom stereocenters. The number of carbonyl (C=O) groups is 2. The Hall–Kier alpha value is -4.03. The normalized spacial score (nSPS) is 14.6. The van der Waals surface area contributed by atoms with Gasteiger partial charge in [0.25, 0.3) is 11.1 Å². The van der Waals surface area contributed by atoms with E-state index in [1.54, 1.807) is 6.08 Å². The highest BCUT2D eigenvalue weighted by Gasteiger charge is 2.35. The second-order valence-corrected chi connectivity index (χ2v) is 8.98. The average molecular weight is 482 g/mol. The smallest absolute Gasteiger partial charge is 0.293 e. The van der Waals surface area contributed by atoms with Gasteiger partial charge in [0, 0.05) is 0 Å². The third kappa shape index (κ3) is 5.39. The number of nitrogens with zero attached hydrogens (tertiary/aromatic N) is 1. The van der Waals surface area contributed by atoms with Gasteiger partial charge in [0.15, 0.2) is 0 Å². The third-order valence-corrected chi connectivity index (χ3v) is 6.51. The Morgan fingerprint density at radius 3 is 2.29 bits per heavy atom. The van der Waals surface area contributed by atoms with Gasteiger partial charge < -0.3 is 9.47 Å². The third-order valence-electron chi connectivity index (χ3n) is 5.60.